The predicted molar refractivity (Wildman–Crippen MR) is 75.6 cm³/mol. The second-order valence-corrected chi connectivity index (χ2v) is 5.47. The van der Waals surface area contributed by atoms with Crippen molar-refractivity contribution >= 4 is 29.1 Å². The molecular formula is C13H16Cl2N2O2. The lowest BCUT2D eigenvalue weighted by molar-refractivity contribution is -0.122. The van der Waals surface area contributed by atoms with Crippen molar-refractivity contribution in [1.82, 2.24) is 10.6 Å². The van der Waals surface area contributed by atoms with Gasteiger partial charge in [0.05, 0.1) is 12.1 Å². The molecule has 4 nitrogen and oxygen atoms in total. The molecule has 0 bridgehead atoms. The third-order valence-electron chi connectivity index (χ3n) is 3.13. The Morgan fingerprint density at radius 2 is 2.26 bits per heavy atom. The largest absolute Gasteiger partial charge is 0.392 e. The Morgan fingerprint density at radius 3 is 2.89 bits per heavy atom. The van der Waals surface area contributed by atoms with Crippen LogP contribution in [-0.4, -0.2) is 36.2 Å². The number of hydrogen-bond acceptors (Lipinski definition) is 3. The number of nitrogens with one attached hydrogen (secondary N) is 2. The van der Waals surface area contributed by atoms with Gasteiger partial charge in [-0.1, -0.05) is 29.3 Å². The number of carbonyl (C=O) groups is 1. The first kappa shape index (κ1) is 14.6. The molecule has 0 spiro atoms. The van der Waals surface area contributed by atoms with Crippen LogP contribution in [0.1, 0.15) is 12.0 Å². The van der Waals surface area contributed by atoms with Gasteiger partial charge in [-0.25, -0.2) is 0 Å². The van der Waals surface area contributed by atoms with Gasteiger partial charge < -0.3 is 15.7 Å². The molecule has 0 aromatic heterocycles. The number of aliphatic hydroxyl groups excluding tert-OH is 1. The highest BCUT2D eigenvalue weighted by atomic mass is 35.5. The fourth-order valence-electron chi connectivity index (χ4n) is 2.08. The zero-order valence-corrected chi connectivity index (χ0v) is 11.8. The van der Waals surface area contributed by atoms with Crippen molar-refractivity contribution < 1.29 is 9.90 Å². The number of carbonyl (C=O) groups excluding carboxylic acids is 1. The average molecular weight is 303 g/mol. The van der Waals surface area contributed by atoms with Crippen molar-refractivity contribution in [3.05, 3.63) is 33.8 Å². The normalized spacial score (nSPS) is 22.5. The lowest BCUT2D eigenvalue weighted by Gasteiger charge is -2.11. The summed E-state index contributed by atoms with van der Waals surface area (Å²) in [4.78, 5) is 11.8. The third-order valence-corrected chi connectivity index (χ3v) is 3.72. The van der Waals surface area contributed by atoms with Crippen LogP contribution in [0.2, 0.25) is 10.0 Å². The first-order valence-corrected chi connectivity index (χ1v) is 6.95. The number of amides is 1. The molecule has 1 aliphatic heterocycles. The summed E-state index contributed by atoms with van der Waals surface area (Å²) >= 11 is 11.9. The monoisotopic (exact) mass is 302 g/mol. The summed E-state index contributed by atoms with van der Waals surface area (Å²) in [5, 5.41) is 16.3. The quantitative estimate of drug-likeness (QED) is 0.787. The molecule has 1 amide bonds. The summed E-state index contributed by atoms with van der Waals surface area (Å²) in [6.07, 6.45) is 0.686. The molecule has 1 aromatic carbocycles. The molecule has 0 radical (unpaired) electrons. The number of halogens is 2. The molecule has 1 aliphatic rings. The Kier molecular flexibility index (Phi) is 5.05. The number of aliphatic hydroxyl groups is 1. The molecule has 6 heteroatoms. The van der Waals surface area contributed by atoms with Gasteiger partial charge in [0.2, 0.25) is 5.91 Å². The lowest BCUT2D eigenvalue weighted by Crippen LogP contribution is -2.41. The van der Waals surface area contributed by atoms with Crippen molar-refractivity contribution in [2.45, 2.75) is 25.0 Å². The Bertz CT molecular complexity index is 468. The second kappa shape index (κ2) is 6.57. The molecule has 1 heterocycles. The van der Waals surface area contributed by atoms with Gasteiger partial charge in [-0.05, 0) is 30.5 Å². The predicted octanol–water partition coefficient (Wildman–Crippen LogP) is 1.37. The van der Waals surface area contributed by atoms with E-state index in [2.05, 4.69) is 10.6 Å². The summed E-state index contributed by atoms with van der Waals surface area (Å²) < 4.78 is 0. The van der Waals surface area contributed by atoms with Gasteiger partial charge in [-0.3, -0.25) is 4.79 Å². The first-order valence-electron chi connectivity index (χ1n) is 6.19. The highest BCUT2D eigenvalue weighted by Crippen LogP contribution is 2.21. The molecular weight excluding hydrogens is 287 g/mol. The van der Waals surface area contributed by atoms with E-state index in [1.165, 1.54) is 0 Å². The average Bonchev–Trinajstić information content (AvgIpc) is 2.78. The van der Waals surface area contributed by atoms with E-state index >= 15 is 0 Å². The van der Waals surface area contributed by atoms with E-state index < -0.39 is 6.10 Å². The van der Waals surface area contributed by atoms with Crippen LogP contribution >= 0.6 is 23.2 Å². The van der Waals surface area contributed by atoms with Gasteiger partial charge in [0, 0.05) is 23.1 Å². The SMILES string of the molecule is O=C(NCCc1ccc(Cl)cc1Cl)[C@H]1C[C@H](O)CN1. The molecule has 0 saturated carbocycles. The molecule has 1 saturated heterocycles. The van der Waals surface area contributed by atoms with Crippen LogP contribution in [-0.2, 0) is 11.2 Å². The van der Waals surface area contributed by atoms with Gasteiger partial charge in [0.25, 0.3) is 0 Å². The first-order chi connectivity index (χ1) is 9.06. The molecule has 1 aromatic rings. The lowest BCUT2D eigenvalue weighted by atomic mass is 10.1. The van der Waals surface area contributed by atoms with E-state index in [0.29, 0.717) is 36.0 Å². The fraction of sp³-hybridized carbons (Fsp3) is 0.462. The van der Waals surface area contributed by atoms with E-state index in [1.54, 1.807) is 12.1 Å². The Morgan fingerprint density at radius 1 is 1.47 bits per heavy atom. The van der Waals surface area contributed by atoms with Crippen LogP contribution in [0.5, 0.6) is 0 Å². The van der Waals surface area contributed by atoms with Crippen LogP contribution in [0.4, 0.5) is 0 Å². The number of benzene rings is 1. The zero-order valence-electron chi connectivity index (χ0n) is 10.3. The summed E-state index contributed by atoms with van der Waals surface area (Å²) in [6, 6.07) is 5.03. The summed E-state index contributed by atoms with van der Waals surface area (Å²) in [6.45, 7) is 0.982. The van der Waals surface area contributed by atoms with Crippen LogP contribution in [0, 0.1) is 0 Å². The smallest absolute Gasteiger partial charge is 0.237 e. The van der Waals surface area contributed by atoms with Crippen molar-refractivity contribution in [3.8, 4) is 0 Å². The molecule has 0 aliphatic carbocycles. The van der Waals surface area contributed by atoms with Gasteiger partial charge in [0.15, 0.2) is 0 Å². The van der Waals surface area contributed by atoms with E-state index in [9.17, 15) is 9.90 Å². The highest BCUT2D eigenvalue weighted by Gasteiger charge is 2.27. The molecule has 2 rings (SSSR count). The maximum atomic E-state index is 11.8. The zero-order chi connectivity index (χ0) is 13.8. The van der Waals surface area contributed by atoms with Gasteiger partial charge in [-0.2, -0.15) is 0 Å². The Labute approximate surface area is 122 Å². The molecule has 0 unspecified atom stereocenters. The van der Waals surface area contributed by atoms with Crippen LogP contribution in [0.3, 0.4) is 0 Å². The van der Waals surface area contributed by atoms with Gasteiger partial charge in [0.1, 0.15) is 0 Å². The van der Waals surface area contributed by atoms with Gasteiger partial charge in [-0.15, -0.1) is 0 Å². The minimum absolute atomic E-state index is 0.0818. The van der Waals surface area contributed by atoms with Crippen LogP contribution < -0.4 is 10.6 Å². The van der Waals surface area contributed by atoms with E-state index in [4.69, 9.17) is 23.2 Å². The van der Waals surface area contributed by atoms with E-state index in [1.807, 2.05) is 6.07 Å². The molecule has 19 heavy (non-hydrogen) atoms. The Hall–Kier alpha value is -0.810. The van der Waals surface area contributed by atoms with Crippen molar-refractivity contribution in [3.63, 3.8) is 0 Å². The number of hydrogen-bond donors (Lipinski definition) is 3. The van der Waals surface area contributed by atoms with Crippen LogP contribution in [0.25, 0.3) is 0 Å². The molecule has 2 atom stereocenters. The maximum Gasteiger partial charge on any atom is 0.237 e. The molecule has 3 N–H and O–H groups in total. The minimum atomic E-state index is -0.429. The fourth-order valence-corrected chi connectivity index (χ4v) is 2.59. The van der Waals surface area contributed by atoms with Crippen molar-refractivity contribution in [1.29, 1.82) is 0 Å². The molecule has 1 fully saturated rings. The summed E-state index contributed by atoms with van der Waals surface area (Å²) in [7, 11) is 0. The molecule has 104 valence electrons. The third kappa shape index (κ3) is 4.08. The number of β-amino-alcohol motifs (C(OH)–C–C–N with tert-alkyl or cyclic N) is 1. The van der Waals surface area contributed by atoms with Gasteiger partial charge >= 0.3 is 0 Å². The highest BCUT2D eigenvalue weighted by molar-refractivity contribution is 6.35. The Balaban J connectivity index is 1.78. The van der Waals surface area contributed by atoms with E-state index in [-0.39, 0.29) is 11.9 Å². The van der Waals surface area contributed by atoms with Crippen molar-refractivity contribution in [2.24, 2.45) is 0 Å². The maximum absolute atomic E-state index is 11.8. The number of rotatable bonds is 4. The minimum Gasteiger partial charge on any atom is -0.392 e. The summed E-state index contributed by atoms with van der Waals surface area (Å²) in [5.41, 5.74) is 0.950. The van der Waals surface area contributed by atoms with Crippen molar-refractivity contribution in [2.75, 3.05) is 13.1 Å². The topological polar surface area (TPSA) is 61.4 Å². The van der Waals surface area contributed by atoms with E-state index in [0.717, 1.165) is 5.56 Å². The summed E-state index contributed by atoms with van der Waals surface area (Å²) in [5.74, 6) is -0.0818. The van der Waals surface area contributed by atoms with Crippen LogP contribution in [0.15, 0.2) is 18.2 Å². The second-order valence-electron chi connectivity index (χ2n) is 4.63. The standard InChI is InChI=1S/C13H16Cl2N2O2/c14-9-2-1-8(11(15)5-9)3-4-16-13(19)12-6-10(18)7-17-12/h1-2,5,10,12,17-18H,3-4,6-7H2,(H,16,19)/t10-,12+/m0/s1.